The molecule has 1 heterocycles. The molecule has 4 rings (SSSR count). The summed E-state index contributed by atoms with van der Waals surface area (Å²) < 4.78 is 13.3. The molecule has 3 aromatic carbocycles. The number of nitrogens with one attached hydrogen (secondary N) is 1. The number of carbonyl (C=O) groups is 1. The number of methoxy groups -OCH3 is 1. The number of hydrazone groups is 1. The van der Waals surface area contributed by atoms with Crippen LogP contribution in [0.4, 0.5) is 5.69 Å². The van der Waals surface area contributed by atoms with Crippen LogP contribution in [-0.2, 0) is 13.2 Å². The molecule has 0 saturated heterocycles. The largest absolute Gasteiger partial charge is 0.493 e. The van der Waals surface area contributed by atoms with Gasteiger partial charge in [-0.1, -0.05) is 41.4 Å². The van der Waals surface area contributed by atoms with Crippen molar-refractivity contribution < 1.29 is 19.2 Å². The molecule has 0 unspecified atom stereocenters. The van der Waals surface area contributed by atoms with Gasteiger partial charge in [-0.2, -0.15) is 10.2 Å². The van der Waals surface area contributed by atoms with Crippen molar-refractivity contribution in [3.8, 4) is 11.5 Å². The fraction of sp³-hybridized carbons (Fsp3) is 0.115. The van der Waals surface area contributed by atoms with E-state index in [0.717, 1.165) is 11.1 Å². The van der Waals surface area contributed by atoms with Crippen LogP contribution in [0.3, 0.4) is 0 Å². The van der Waals surface area contributed by atoms with Gasteiger partial charge in [0.15, 0.2) is 17.2 Å². The van der Waals surface area contributed by atoms with E-state index in [9.17, 15) is 14.9 Å². The fourth-order valence-electron chi connectivity index (χ4n) is 3.44. The Morgan fingerprint density at radius 1 is 1.10 bits per heavy atom. The van der Waals surface area contributed by atoms with Crippen LogP contribution >= 0.6 is 39.1 Å². The van der Waals surface area contributed by atoms with E-state index in [1.54, 1.807) is 53.3 Å². The van der Waals surface area contributed by atoms with Crippen molar-refractivity contribution in [2.24, 2.45) is 5.10 Å². The number of nitro groups is 1. The fourth-order valence-corrected chi connectivity index (χ4v) is 4.25. The zero-order chi connectivity index (χ0) is 27.9. The Bertz CT molecular complexity index is 1540. The first kappa shape index (κ1) is 28.1. The lowest BCUT2D eigenvalue weighted by Crippen LogP contribution is -2.19. The van der Waals surface area contributed by atoms with Crippen LogP contribution in [0.5, 0.6) is 11.5 Å². The topological polar surface area (TPSA) is 121 Å². The van der Waals surface area contributed by atoms with E-state index >= 15 is 0 Å². The monoisotopic (exact) mass is 631 g/mol. The summed E-state index contributed by atoms with van der Waals surface area (Å²) in [6.07, 6.45) is 3.10. The third-order valence-electron chi connectivity index (χ3n) is 5.37. The number of nitro benzene ring substituents is 1. The van der Waals surface area contributed by atoms with Crippen molar-refractivity contribution in [1.82, 2.24) is 15.2 Å². The van der Waals surface area contributed by atoms with Gasteiger partial charge in [-0.15, -0.1) is 0 Å². The molecule has 0 aliphatic heterocycles. The third kappa shape index (κ3) is 7.34. The van der Waals surface area contributed by atoms with Gasteiger partial charge in [0, 0.05) is 18.3 Å². The van der Waals surface area contributed by atoms with Gasteiger partial charge in [0.25, 0.3) is 11.6 Å². The van der Waals surface area contributed by atoms with Crippen LogP contribution in [0.2, 0.25) is 10.0 Å². The SMILES string of the molecule is COc1ccc(/C=N\NC(=O)c2nn(Cc3ccc([N+](=O)[O-])cc3)cc2Br)cc1OCc1ccc(Cl)c(Cl)c1. The molecule has 10 nitrogen and oxygen atoms in total. The zero-order valence-electron chi connectivity index (χ0n) is 20.3. The minimum Gasteiger partial charge on any atom is -0.493 e. The molecule has 0 aliphatic carbocycles. The van der Waals surface area contributed by atoms with Gasteiger partial charge in [-0.25, -0.2) is 5.43 Å². The Labute approximate surface area is 241 Å². The number of benzene rings is 3. The Hall–Kier alpha value is -3.93. The molecule has 0 spiro atoms. The Morgan fingerprint density at radius 2 is 1.85 bits per heavy atom. The van der Waals surface area contributed by atoms with E-state index in [4.69, 9.17) is 32.7 Å². The van der Waals surface area contributed by atoms with Crippen LogP contribution in [-0.4, -0.2) is 33.9 Å². The average molecular weight is 633 g/mol. The third-order valence-corrected chi connectivity index (χ3v) is 6.69. The molecule has 4 aromatic rings. The van der Waals surface area contributed by atoms with Crippen molar-refractivity contribution in [1.29, 1.82) is 0 Å². The van der Waals surface area contributed by atoms with Crippen LogP contribution in [0.1, 0.15) is 27.2 Å². The predicted molar refractivity (Wildman–Crippen MR) is 151 cm³/mol. The van der Waals surface area contributed by atoms with Crippen LogP contribution < -0.4 is 14.9 Å². The molecule has 0 atom stereocenters. The number of non-ortho nitro benzene ring substituents is 1. The Balaban J connectivity index is 1.39. The van der Waals surface area contributed by atoms with E-state index < -0.39 is 10.8 Å². The summed E-state index contributed by atoms with van der Waals surface area (Å²) in [5.74, 6) is 0.482. The second kappa shape index (κ2) is 12.7. The minimum atomic E-state index is -0.523. The number of rotatable bonds is 10. The summed E-state index contributed by atoms with van der Waals surface area (Å²) in [5, 5.41) is 20.0. The molecule has 0 bridgehead atoms. The first-order valence-electron chi connectivity index (χ1n) is 11.3. The van der Waals surface area contributed by atoms with Gasteiger partial charge in [-0.3, -0.25) is 19.6 Å². The highest BCUT2D eigenvalue weighted by Gasteiger charge is 2.15. The standard InChI is InChI=1S/C26H20BrCl2N5O5/c1-38-23-9-5-17(11-24(23)39-15-18-4-8-21(28)22(29)10-18)12-30-31-26(35)25-20(27)14-33(32-25)13-16-2-6-19(7-3-16)34(36)37/h2-12,14H,13,15H2,1H3,(H,31,35)/b30-12-. The number of hydrogen-bond donors (Lipinski definition) is 1. The van der Waals surface area contributed by atoms with Crippen LogP contribution in [0.15, 0.2) is 76.4 Å². The normalized spacial score (nSPS) is 11.0. The van der Waals surface area contributed by atoms with E-state index in [0.29, 0.717) is 38.1 Å². The molecule has 0 radical (unpaired) electrons. The highest BCUT2D eigenvalue weighted by atomic mass is 79.9. The molecule has 1 amide bonds. The minimum absolute atomic E-state index is 0.000312. The van der Waals surface area contributed by atoms with Gasteiger partial charge >= 0.3 is 0 Å². The maximum atomic E-state index is 12.6. The van der Waals surface area contributed by atoms with Gasteiger partial charge < -0.3 is 9.47 Å². The summed E-state index contributed by atoms with van der Waals surface area (Å²) in [4.78, 5) is 23.0. The second-order valence-electron chi connectivity index (χ2n) is 8.09. The van der Waals surface area contributed by atoms with E-state index in [1.165, 1.54) is 25.5 Å². The smallest absolute Gasteiger partial charge is 0.293 e. The number of hydrogen-bond acceptors (Lipinski definition) is 7. The predicted octanol–water partition coefficient (Wildman–Crippen LogP) is 6.26. The zero-order valence-corrected chi connectivity index (χ0v) is 23.4. The summed E-state index contributed by atoms with van der Waals surface area (Å²) in [6, 6.07) is 16.5. The molecular formula is C26H20BrCl2N5O5. The molecule has 0 fully saturated rings. The first-order chi connectivity index (χ1) is 18.7. The Morgan fingerprint density at radius 3 is 2.54 bits per heavy atom. The maximum Gasteiger partial charge on any atom is 0.293 e. The quantitative estimate of drug-likeness (QED) is 0.125. The summed E-state index contributed by atoms with van der Waals surface area (Å²) in [7, 11) is 1.54. The van der Waals surface area contributed by atoms with Gasteiger partial charge in [0.2, 0.25) is 0 Å². The van der Waals surface area contributed by atoms with Crippen molar-refractivity contribution >= 4 is 56.9 Å². The summed E-state index contributed by atoms with van der Waals surface area (Å²) in [5.41, 5.74) is 4.86. The van der Waals surface area contributed by atoms with Crippen molar-refractivity contribution in [2.45, 2.75) is 13.2 Å². The van der Waals surface area contributed by atoms with Gasteiger partial charge in [0.1, 0.15) is 6.61 Å². The highest BCUT2D eigenvalue weighted by molar-refractivity contribution is 9.10. The lowest BCUT2D eigenvalue weighted by Gasteiger charge is -2.12. The molecule has 0 saturated carbocycles. The molecule has 1 aromatic heterocycles. The molecular weight excluding hydrogens is 613 g/mol. The van der Waals surface area contributed by atoms with E-state index in [1.807, 2.05) is 6.07 Å². The second-order valence-corrected chi connectivity index (χ2v) is 9.76. The number of carbonyl (C=O) groups excluding carboxylic acids is 1. The van der Waals surface area contributed by atoms with E-state index in [2.05, 4.69) is 31.6 Å². The lowest BCUT2D eigenvalue weighted by atomic mass is 10.2. The van der Waals surface area contributed by atoms with Crippen LogP contribution in [0.25, 0.3) is 0 Å². The molecule has 0 aliphatic rings. The average Bonchev–Trinajstić information content (AvgIpc) is 3.29. The number of halogens is 3. The molecule has 13 heteroatoms. The Kier molecular flexibility index (Phi) is 9.18. The summed E-state index contributed by atoms with van der Waals surface area (Å²) >= 11 is 15.4. The number of aromatic nitrogens is 2. The van der Waals surface area contributed by atoms with Gasteiger partial charge in [-0.05, 0) is 63.0 Å². The highest BCUT2D eigenvalue weighted by Crippen LogP contribution is 2.29. The van der Waals surface area contributed by atoms with Crippen LogP contribution in [0, 0.1) is 10.1 Å². The molecule has 39 heavy (non-hydrogen) atoms. The maximum absolute atomic E-state index is 12.6. The molecule has 1 N–H and O–H groups in total. The van der Waals surface area contributed by atoms with Crippen molar-refractivity contribution in [3.63, 3.8) is 0 Å². The summed E-state index contributed by atoms with van der Waals surface area (Å²) in [6.45, 7) is 0.561. The van der Waals surface area contributed by atoms with Gasteiger partial charge in [0.05, 0.1) is 39.3 Å². The molecule has 200 valence electrons. The van der Waals surface area contributed by atoms with E-state index in [-0.39, 0.29) is 18.0 Å². The van der Waals surface area contributed by atoms with Crippen molar-refractivity contribution in [2.75, 3.05) is 7.11 Å². The number of amides is 1. The van der Waals surface area contributed by atoms with Crippen molar-refractivity contribution in [3.05, 3.63) is 114 Å². The lowest BCUT2D eigenvalue weighted by molar-refractivity contribution is -0.384. The first-order valence-corrected chi connectivity index (χ1v) is 12.8. The number of ether oxygens (including phenoxy) is 2. The number of nitrogens with zero attached hydrogens (tertiary/aromatic N) is 4.